The molecule has 0 heterocycles. The lowest BCUT2D eigenvalue weighted by molar-refractivity contribution is 0.177. The zero-order valence-corrected chi connectivity index (χ0v) is 8.10. The fourth-order valence-electron chi connectivity index (χ4n) is 0.822. The van der Waals surface area contributed by atoms with Gasteiger partial charge in [-0.3, -0.25) is 0 Å². The van der Waals surface area contributed by atoms with E-state index in [2.05, 4.69) is 0 Å². The van der Waals surface area contributed by atoms with E-state index < -0.39 is 16.6 Å². The number of hydrogen-bond donors (Lipinski definition) is 1. The molecule has 6 heteroatoms. The van der Waals surface area contributed by atoms with E-state index >= 15 is 0 Å². The summed E-state index contributed by atoms with van der Waals surface area (Å²) >= 11 is 5.62. The molecule has 13 heavy (non-hydrogen) atoms. The second-order valence-electron chi connectivity index (χ2n) is 2.44. The monoisotopic (exact) mass is 220 g/mol. The maximum Gasteiger partial charge on any atom is 0.238 e. The summed E-state index contributed by atoms with van der Waals surface area (Å²) in [4.78, 5) is -0.0882. The zero-order valence-electron chi connectivity index (χ0n) is 6.53. The van der Waals surface area contributed by atoms with Crippen molar-refractivity contribution in [1.29, 1.82) is 0 Å². The quantitative estimate of drug-likeness (QED) is 0.804. The maximum absolute atomic E-state index is 10.8. The van der Waals surface area contributed by atoms with Gasteiger partial charge < -0.3 is 0 Å². The van der Waals surface area contributed by atoms with E-state index in [0.717, 1.165) is 0 Å². The second kappa shape index (κ2) is 3.63. The van der Waals surface area contributed by atoms with Gasteiger partial charge in [0.15, 0.2) is 0 Å². The highest BCUT2D eigenvalue weighted by molar-refractivity contribution is 7.89. The molecule has 0 bridgehead atoms. The third-order valence-corrected chi connectivity index (χ3v) is 2.77. The van der Waals surface area contributed by atoms with Crippen LogP contribution in [0.5, 0.6) is 0 Å². The van der Waals surface area contributed by atoms with E-state index in [4.69, 9.17) is 16.7 Å². The first-order valence-electron chi connectivity index (χ1n) is 3.34. The number of primary sulfonamides is 1. The Morgan fingerprint density at radius 2 is 2.00 bits per heavy atom. The van der Waals surface area contributed by atoms with E-state index in [1.54, 1.807) is 0 Å². The van der Waals surface area contributed by atoms with Gasteiger partial charge in [0.1, 0.15) is 6.61 Å². The molecule has 1 rings (SSSR count). The minimum atomic E-state index is -3.74. The Kier molecular flexibility index (Phi) is 2.92. The average molecular weight is 221 g/mol. The molecule has 0 amide bonds. The summed E-state index contributed by atoms with van der Waals surface area (Å²) in [5.74, 6) is 0. The van der Waals surface area contributed by atoms with Crippen molar-refractivity contribution in [3.8, 4) is 0 Å². The van der Waals surface area contributed by atoms with E-state index in [-0.39, 0.29) is 9.92 Å². The average Bonchev–Trinajstić information content (AvgIpc) is 2.02. The van der Waals surface area contributed by atoms with Crippen LogP contribution < -0.4 is 5.14 Å². The molecule has 1 aromatic carbocycles. The third kappa shape index (κ3) is 2.41. The van der Waals surface area contributed by atoms with Crippen LogP contribution in [0.3, 0.4) is 0 Å². The second-order valence-corrected chi connectivity index (χ2v) is 4.41. The highest BCUT2D eigenvalue weighted by Crippen LogP contribution is 2.19. The van der Waals surface area contributed by atoms with Crippen molar-refractivity contribution in [1.82, 2.24) is 0 Å². The molecule has 4 nitrogen and oxygen atoms in total. The van der Waals surface area contributed by atoms with Gasteiger partial charge >= 0.3 is 0 Å². The largest absolute Gasteiger partial charge is 0.238 e. The van der Waals surface area contributed by atoms with Crippen molar-refractivity contribution in [3.63, 3.8) is 0 Å². The summed E-state index contributed by atoms with van der Waals surface area (Å²) in [6, 6.07) is 3.79. The Bertz CT molecular complexity index is 416. The smallest absolute Gasteiger partial charge is 0.232 e. The van der Waals surface area contributed by atoms with Crippen LogP contribution in [0, 0.1) is 0 Å². The zero-order chi connectivity index (χ0) is 10.1. The summed E-state index contributed by atoms with van der Waals surface area (Å²) < 4.78 is 21.7. The number of halogens is 1. The van der Waals surface area contributed by atoms with Crippen LogP contribution >= 0.6 is 11.6 Å². The van der Waals surface area contributed by atoms with Gasteiger partial charge in [0.2, 0.25) is 10.0 Å². The fourth-order valence-corrected chi connectivity index (χ4v) is 1.66. The molecule has 1 aromatic rings. The molecule has 0 fully saturated rings. The molecule has 0 unspecified atom stereocenters. The summed E-state index contributed by atoms with van der Waals surface area (Å²) in [6.07, 6.45) is 0. The molecule has 0 atom stereocenters. The summed E-state index contributed by atoms with van der Waals surface area (Å²) in [5.41, 5.74) is 0.356. The van der Waals surface area contributed by atoms with E-state index in [9.17, 15) is 13.5 Å². The summed E-state index contributed by atoms with van der Waals surface area (Å²) in [7, 11) is -3.74. The molecule has 0 spiro atoms. The van der Waals surface area contributed by atoms with Crippen molar-refractivity contribution in [3.05, 3.63) is 28.8 Å². The van der Waals surface area contributed by atoms with Crippen molar-refractivity contribution >= 4 is 21.6 Å². The number of nitrogens with two attached hydrogens (primary N) is 1. The molecule has 0 saturated heterocycles. The Morgan fingerprint density at radius 3 is 2.38 bits per heavy atom. The lowest BCUT2D eigenvalue weighted by Gasteiger charge is -2.01. The molecule has 0 aromatic heterocycles. The van der Waals surface area contributed by atoms with Crippen LogP contribution in [0.1, 0.15) is 5.56 Å². The Morgan fingerprint density at radius 1 is 1.38 bits per heavy atom. The number of benzene rings is 1. The lowest BCUT2D eigenvalue weighted by Crippen LogP contribution is -2.12. The van der Waals surface area contributed by atoms with Crippen LogP contribution in [-0.2, 0) is 21.7 Å². The van der Waals surface area contributed by atoms with E-state index in [1.165, 1.54) is 18.2 Å². The Hall–Kier alpha value is -0.620. The first kappa shape index (κ1) is 10.5. The molecule has 1 radical (unpaired) electrons. The third-order valence-electron chi connectivity index (χ3n) is 1.51. The van der Waals surface area contributed by atoms with Crippen LogP contribution in [0.2, 0.25) is 5.02 Å². The SMILES string of the molecule is NS(=O)(=O)c1ccc(C[O])c(Cl)c1. The summed E-state index contributed by atoms with van der Waals surface area (Å²) in [6.45, 7) is -0.482. The van der Waals surface area contributed by atoms with Crippen molar-refractivity contribution in [2.75, 3.05) is 0 Å². The van der Waals surface area contributed by atoms with Crippen LogP contribution in [0.25, 0.3) is 0 Å². The van der Waals surface area contributed by atoms with Gasteiger partial charge in [0, 0.05) is 5.02 Å². The molecule has 0 saturated carbocycles. The van der Waals surface area contributed by atoms with E-state index in [1.807, 2.05) is 0 Å². The van der Waals surface area contributed by atoms with Gasteiger partial charge in [-0.15, -0.1) is 0 Å². The van der Waals surface area contributed by atoms with E-state index in [0.29, 0.717) is 5.56 Å². The first-order chi connectivity index (χ1) is 5.95. The van der Waals surface area contributed by atoms with Crippen LogP contribution in [0.4, 0.5) is 0 Å². The normalized spacial score (nSPS) is 11.6. The summed E-state index contributed by atoms with van der Waals surface area (Å²) in [5, 5.41) is 15.4. The van der Waals surface area contributed by atoms with Crippen molar-refractivity contribution < 1.29 is 13.5 Å². The number of hydrogen-bond acceptors (Lipinski definition) is 2. The molecule has 71 valence electrons. The van der Waals surface area contributed by atoms with Crippen molar-refractivity contribution in [2.45, 2.75) is 11.5 Å². The predicted molar refractivity (Wildman–Crippen MR) is 47.2 cm³/mol. The topological polar surface area (TPSA) is 80.1 Å². The molecule has 0 aliphatic rings. The minimum Gasteiger partial charge on any atom is -0.232 e. The van der Waals surface area contributed by atoms with Gasteiger partial charge in [-0.25, -0.2) is 18.7 Å². The van der Waals surface area contributed by atoms with Crippen LogP contribution in [-0.4, -0.2) is 8.42 Å². The van der Waals surface area contributed by atoms with Gasteiger partial charge in [-0.2, -0.15) is 0 Å². The Labute approximate surface area is 81.0 Å². The van der Waals surface area contributed by atoms with Gasteiger partial charge in [-0.1, -0.05) is 17.7 Å². The molecular weight excluding hydrogens is 214 g/mol. The Balaban J connectivity index is 3.26. The molecule has 0 aliphatic carbocycles. The highest BCUT2D eigenvalue weighted by atomic mass is 35.5. The van der Waals surface area contributed by atoms with Gasteiger partial charge in [-0.05, 0) is 17.7 Å². The predicted octanol–water partition coefficient (Wildman–Crippen LogP) is 0.918. The van der Waals surface area contributed by atoms with Gasteiger partial charge in [0.05, 0.1) is 4.90 Å². The maximum atomic E-state index is 10.8. The molecule has 0 aliphatic heterocycles. The van der Waals surface area contributed by atoms with Crippen LogP contribution in [0.15, 0.2) is 23.1 Å². The van der Waals surface area contributed by atoms with Crippen molar-refractivity contribution in [2.24, 2.45) is 5.14 Å². The first-order valence-corrected chi connectivity index (χ1v) is 5.27. The molecular formula is C7H7ClNO3S. The minimum absolute atomic E-state index is 0.0882. The fraction of sp³-hybridized carbons (Fsp3) is 0.143. The number of sulfonamides is 1. The highest BCUT2D eigenvalue weighted by Gasteiger charge is 2.09. The molecule has 2 N–H and O–H groups in total. The lowest BCUT2D eigenvalue weighted by atomic mass is 10.2. The van der Waals surface area contributed by atoms with Gasteiger partial charge in [0.25, 0.3) is 0 Å². The number of rotatable bonds is 2. The standard InChI is InChI=1S/C7H7ClNO3S/c8-7-3-6(13(9,11)12)2-1-5(7)4-10/h1-3H,4H2,(H2,9,11,12).